The Bertz CT molecular complexity index is 1770. The van der Waals surface area contributed by atoms with Gasteiger partial charge in [0.25, 0.3) is 0 Å². The smallest absolute Gasteiger partial charge is 0.348 e. The number of benzene rings is 3. The second-order valence-corrected chi connectivity index (χ2v) is 8.83. The maximum Gasteiger partial charge on any atom is 0.348 e. The molecule has 0 saturated carbocycles. The van der Waals surface area contributed by atoms with Gasteiger partial charge in [-0.2, -0.15) is 0 Å². The molecular weight excluding hydrogens is 476 g/mol. The molecule has 1 fully saturated rings. The highest BCUT2D eigenvalue weighted by Crippen LogP contribution is 2.45. The summed E-state index contributed by atoms with van der Waals surface area (Å²) in [5, 5.41) is 51.9. The number of aryl methyl sites for hydroxylation is 1. The van der Waals surface area contributed by atoms with Crippen LogP contribution in [0.5, 0.6) is 11.5 Å². The maximum absolute atomic E-state index is 13.1. The van der Waals surface area contributed by atoms with Crippen molar-refractivity contribution < 1.29 is 43.8 Å². The topological polar surface area (TPSA) is 180 Å². The van der Waals surface area contributed by atoms with E-state index < -0.39 is 54.3 Å². The fourth-order valence-electron chi connectivity index (χ4n) is 4.96. The highest BCUT2D eigenvalue weighted by Gasteiger charge is 2.45. The van der Waals surface area contributed by atoms with Crippen molar-refractivity contribution in [3.05, 3.63) is 56.7 Å². The van der Waals surface area contributed by atoms with Crippen LogP contribution in [0, 0.1) is 6.92 Å². The summed E-state index contributed by atoms with van der Waals surface area (Å²) in [7, 11) is 0. The molecule has 6 rings (SSSR count). The zero-order valence-corrected chi connectivity index (χ0v) is 18.7. The summed E-state index contributed by atoms with van der Waals surface area (Å²) in [4.78, 5) is 25.9. The molecule has 1 aliphatic heterocycles. The molecule has 0 spiro atoms. The highest BCUT2D eigenvalue weighted by atomic mass is 16.7. The molecule has 0 radical (unpaired) electrons. The molecule has 0 bridgehead atoms. The first kappa shape index (κ1) is 22.7. The highest BCUT2D eigenvalue weighted by molar-refractivity contribution is 6.28. The number of fused-ring (bicyclic) bond motifs is 2. The van der Waals surface area contributed by atoms with Gasteiger partial charge in [0.1, 0.15) is 46.9 Å². The van der Waals surface area contributed by atoms with Crippen molar-refractivity contribution in [1.29, 1.82) is 0 Å². The van der Waals surface area contributed by atoms with E-state index in [4.69, 9.17) is 18.3 Å². The van der Waals surface area contributed by atoms with E-state index in [1.807, 2.05) is 0 Å². The third-order valence-corrected chi connectivity index (χ3v) is 6.74. The monoisotopic (exact) mass is 496 g/mol. The fraction of sp³-hybridized carbons (Fsp3) is 0.280. The Hall–Kier alpha value is -3.74. The molecule has 0 aliphatic carbocycles. The molecule has 5 atom stereocenters. The molecule has 2 aromatic heterocycles. The number of aromatic hydroxyl groups is 1. The van der Waals surface area contributed by atoms with Gasteiger partial charge in [0.2, 0.25) is 6.29 Å². The van der Waals surface area contributed by atoms with Gasteiger partial charge in [-0.05, 0) is 24.6 Å². The summed E-state index contributed by atoms with van der Waals surface area (Å²) >= 11 is 0. The molecule has 5 unspecified atom stereocenters. The number of phenols is 1. The minimum absolute atomic E-state index is 0.0191. The first-order valence-electron chi connectivity index (χ1n) is 11.1. The normalized spacial score (nSPS) is 24.9. The van der Waals surface area contributed by atoms with E-state index in [1.165, 1.54) is 18.2 Å². The van der Waals surface area contributed by atoms with Crippen molar-refractivity contribution >= 4 is 43.5 Å². The van der Waals surface area contributed by atoms with Crippen molar-refractivity contribution in [2.24, 2.45) is 0 Å². The molecule has 1 saturated heterocycles. The predicted molar refractivity (Wildman–Crippen MR) is 126 cm³/mol. The fourth-order valence-corrected chi connectivity index (χ4v) is 4.96. The lowest BCUT2D eigenvalue weighted by atomic mass is 9.96. The van der Waals surface area contributed by atoms with E-state index in [0.29, 0.717) is 10.9 Å². The Morgan fingerprint density at radius 2 is 1.61 bits per heavy atom. The van der Waals surface area contributed by atoms with Crippen LogP contribution in [0.2, 0.25) is 0 Å². The Balaban J connectivity index is 1.68. The number of aliphatic hydroxyl groups excluding tert-OH is 4. The van der Waals surface area contributed by atoms with Gasteiger partial charge < -0.3 is 43.8 Å². The Labute approximate surface area is 200 Å². The van der Waals surface area contributed by atoms with Crippen LogP contribution in [0.15, 0.2) is 48.8 Å². The molecule has 11 heteroatoms. The molecule has 36 heavy (non-hydrogen) atoms. The van der Waals surface area contributed by atoms with Gasteiger partial charge >= 0.3 is 11.3 Å². The molecule has 5 N–H and O–H groups in total. The standard InChI is InChI=1S/C25H20O11/c1-8-5-6-11-15-13(8)23(31)36-22-14-9(18(27)17(16(15)22)24(32)33-11)3-2-4-10(14)34-25-21(30)20(29)19(28)12(7-26)35-25/h2-6,12,19-21,25-30H,7H2,1H3. The molecule has 186 valence electrons. The molecule has 1 aliphatic rings. The summed E-state index contributed by atoms with van der Waals surface area (Å²) < 4.78 is 22.4. The zero-order valence-electron chi connectivity index (χ0n) is 18.7. The van der Waals surface area contributed by atoms with Crippen molar-refractivity contribution in [3.63, 3.8) is 0 Å². The lowest BCUT2D eigenvalue weighted by Crippen LogP contribution is -2.60. The number of rotatable bonds is 3. The van der Waals surface area contributed by atoms with Crippen molar-refractivity contribution in [2.45, 2.75) is 37.6 Å². The molecule has 11 nitrogen and oxygen atoms in total. The molecule has 3 heterocycles. The summed E-state index contributed by atoms with van der Waals surface area (Å²) in [6, 6.07) is 7.59. The largest absolute Gasteiger partial charge is 0.506 e. The predicted octanol–water partition coefficient (Wildman–Crippen LogP) is 0.836. The zero-order chi connectivity index (χ0) is 25.5. The Morgan fingerprint density at radius 3 is 2.36 bits per heavy atom. The average Bonchev–Trinajstić information content (AvgIpc) is 2.86. The lowest BCUT2D eigenvalue weighted by molar-refractivity contribution is -0.277. The van der Waals surface area contributed by atoms with Gasteiger partial charge in [-0.25, -0.2) is 9.59 Å². The first-order chi connectivity index (χ1) is 17.2. The molecule has 5 aromatic rings. The first-order valence-corrected chi connectivity index (χ1v) is 11.1. The van der Waals surface area contributed by atoms with Gasteiger partial charge in [0.05, 0.1) is 17.4 Å². The van der Waals surface area contributed by atoms with Crippen LogP contribution in [-0.2, 0) is 4.74 Å². The van der Waals surface area contributed by atoms with Gasteiger partial charge in [0, 0.05) is 16.2 Å². The number of hydrogen-bond acceptors (Lipinski definition) is 11. The Kier molecular flexibility index (Phi) is 4.97. The minimum Gasteiger partial charge on any atom is -0.506 e. The average molecular weight is 496 g/mol. The summed E-state index contributed by atoms with van der Waals surface area (Å²) in [6.07, 6.45) is -7.72. The van der Waals surface area contributed by atoms with E-state index in [-0.39, 0.29) is 43.8 Å². The third kappa shape index (κ3) is 2.98. The lowest BCUT2D eigenvalue weighted by Gasteiger charge is -2.39. The van der Waals surface area contributed by atoms with Crippen LogP contribution in [0.3, 0.4) is 0 Å². The van der Waals surface area contributed by atoms with E-state index in [2.05, 4.69) is 0 Å². The van der Waals surface area contributed by atoms with Crippen LogP contribution in [0.25, 0.3) is 43.5 Å². The molecular formula is C25H20O11. The van der Waals surface area contributed by atoms with Crippen LogP contribution in [-0.4, -0.2) is 62.8 Å². The van der Waals surface area contributed by atoms with Gasteiger partial charge in [-0.15, -0.1) is 0 Å². The number of hydrogen-bond donors (Lipinski definition) is 5. The molecule has 3 aromatic carbocycles. The molecule has 0 amide bonds. The van der Waals surface area contributed by atoms with Gasteiger partial charge in [-0.1, -0.05) is 18.2 Å². The van der Waals surface area contributed by atoms with E-state index in [1.54, 1.807) is 19.1 Å². The van der Waals surface area contributed by atoms with Crippen molar-refractivity contribution in [1.82, 2.24) is 0 Å². The van der Waals surface area contributed by atoms with Crippen molar-refractivity contribution in [2.75, 3.05) is 6.61 Å². The minimum atomic E-state index is -1.70. The number of phenolic OH excluding ortho intramolecular Hbond substituents is 1. The van der Waals surface area contributed by atoms with E-state index in [9.17, 15) is 35.1 Å². The van der Waals surface area contributed by atoms with E-state index in [0.717, 1.165) is 0 Å². The van der Waals surface area contributed by atoms with Gasteiger partial charge in [0.15, 0.2) is 5.58 Å². The van der Waals surface area contributed by atoms with Crippen LogP contribution in [0.1, 0.15) is 5.56 Å². The summed E-state index contributed by atoms with van der Waals surface area (Å²) in [5.41, 5.74) is -0.864. The van der Waals surface area contributed by atoms with E-state index >= 15 is 0 Å². The third-order valence-electron chi connectivity index (χ3n) is 6.74. The Morgan fingerprint density at radius 1 is 0.861 bits per heavy atom. The number of aliphatic hydroxyl groups is 4. The van der Waals surface area contributed by atoms with Crippen LogP contribution < -0.4 is 16.0 Å². The van der Waals surface area contributed by atoms with Crippen molar-refractivity contribution in [3.8, 4) is 11.5 Å². The van der Waals surface area contributed by atoms with Crippen LogP contribution >= 0.6 is 0 Å². The number of ether oxygens (including phenoxy) is 2. The SMILES string of the molecule is Cc1ccc2oc(=O)c3c(O)c4cccc(OC5OC(CO)C(O)C(O)C5O)c4c4oc(=O)c1c2c34. The maximum atomic E-state index is 13.1. The summed E-state index contributed by atoms with van der Waals surface area (Å²) in [5.74, 6) is -0.446. The second-order valence-electron chi connectivity index (χ2n) is 8.83. The summed E-state index contributed by atoms with van der Waals surface area (Å²) in [6.45, 7) is 1.05. The van der Waals surface area contributed by atoms with Crippen LogP contribution in [0.4, 0.5) is 0 Å². The van der Waals surface area contributed by atoms with Gasteiger partial charge in [-0.3, -0.25) is 0 Å². The quantitative estimate of drug-likeness (QED) is 0.136. The second kappa shape index (κ2) is 7.88.